The Labute approximate surface area is 82.0 Å². The zero-order valence-corrected chi connectivity index (χ0v) is 8.24. The van der Waals surface area contributed by atoms with E-state index in [1.807, 2.05) is 49.3 Å². The van der Waals surface area contributed by atoms with E-state index in [4.69, 9.17) is 0 Å². The number of benzene rings is 1. The molecule has 0 radical (unpaired) electrons. The molecule has 72 valence electrons. The van der Waals surface area contributed by atoms with Crippen LogP contribution in [0.15, 0.2) is 35.1 Å². The van der Waals surface area contributed by atoms with E-state index in [9.17, 15) is 4.79 Å². The van der Waals surface area contributed by atoms with Crippen molar-refractivity contribution in [1.82, 2.24) is 4.98 Å². The smallest absolute Gasteiger partial charge is 0.271 e. The number of H-pyrrole nitrogens is 1. The number of aromatic nitrogens is 1. The molecular weight excluding hydrogens is 176 g/mol. The summed E-state index contributed by atoms with van der Waals surface area (Å²) in [6, 6.07) is 9.65. The molecule has 0 fully saturated rings. The van der Waals surface area contributed by atoms with Gasteiger partial charge in [-0.2, -0.15) is 0 Å². The lowest BCUT2D eigenvalue weighted by Gasteiger charge is -2.11. The van der Waals surface area contributed by atoms with Crippen LogP contribution in [0, 0.1) is 0 Å². The topological polar surface area (TPSA) is 36.1 Å². The predicted molar refractivity (Wildman–Crippen MR) is 58.9 cm³/mol. The van der Waals surface area contributed by atoms with Crippen LogP contribution in [-0.2, 0) is 0 Å². The van der Waals surface area contributed by atoms with Gasteiger partial charge in [-0.3, -0.25) is 4.79 Å². The summed E-state index contributed by atoms with van der Waals surface area (Å²) in [5, 5.41) is 1.05. The third kappa shape index (κ3) is 1.37. The number of rotatable bonds is 1. The fourth-order valence-electron chi connectivity index (χ4n) is 1.47. The van der Waals surface area contributed by atoms with Gasteiger partial charge in [-0.25, -0.2) is 0 Å². The highest BCUT2D eigenvalue weighted by Gasteiger charge is 2.02. The maximum absolute atomic E-state index is 11.6. The van der Waals surface area contributed by atoms with Crippen molar-refractivity contribution < 1.29 is 0 Å². The first kappa shape index (κ1) is 8.81. The zero-order chi connectivity index (χ0) is 10.1. The van der Waals surface area contributed by atoms with Crippen LogP contribution in [0.25, 0.3) is 10.9 Å². The van der Waals surface area contributed by atoms with Crippen molar-refractivity contribution in [1.29, 1.82) is 0 Å². The van der Waals surface area contributed by atoms with Crippen molar-refractivity contribution >= 4 is 16.6 Å². The molecule has 0 unspecified atom stereocenters. The first-order chi connectivity index (χ1) is 6.68. The number of pyridine rings is 1. The van der Waals surface area contributed by atoms with E-state index in [2.05, 4.69) is 4.98 Å². The molecule has 0 aliphatic heterocycles. The largest absolute Gasteiger partial charge is 0.373 e. The zero-order valence-electron chi connectivity index (χ0n) is 8.24. The van der Waals surface area contributed by atoms with Gasteiger partial charge >= 0.3 is 0 Å². The van der Waals surface area contributed by atoms with Crippen LogP contribution in [0.5, 0.6) is 0 Å². The van der Waals surface area contributed by atoms with Gasteiger partial charge in [0.25, 0.3) is 5.56 Å². The van der Waals surface area contributed by atoms with Crippen LogP contribution in [0.2, 0.25) is 0 Å². The fourth-order valence-corrected chi connectivity index (χ4v) is 1.47. The van der Waals surface area contributed by atoms with Crippen molar-refractivity contribution in [2.24, 2.45) is 0 Å². The molecule has 3 heteroatoms. The Balaban J connectivity index is 2.78. The van der Waals surface area contributed by atoms with Gasteiger partial charge in [-0.1, -0.05) is 18.2 Å². The molecule has 0 saturated heterocycles. The molecule has 0 bridgehead atoms. The fraction of sp³-hybridized carbons (Fsp3) is 0.182. The lowest BCUT2D eigenvalue weighted by Crippen LogP contribution is -2.20. The lowest BCUT2D eigenvalue weighted by atomic mass is 10.2. The number of hydrogen-bond donors (Lipinski definition) is 1. The minimum absolute atomic E-state index is 0.0475. The monoisotopic (exact) mass is 188 g/mol. The highest BCUT2D eigenvalue weighted by molar-refractivity contribution is 5.81. The summed E-state index contributed by atoms with van der Waals surface area (Å²) < 4.78 is 0. The SMILES string of the molecule is CN(C)c1cc2ccccc2[nH]c1=O. The first-order valence-corrected chi connectivity index (χ1v) is 4.48. The molecule has 1 N–H and O–H groups in total. The van der Waals surface area contributed by atoms with Gasteiger partial charge in [0.1, 0.15) is 5.69 Å². The molecule has 0 aliphatic rings. The second-order valence-electron chi connectivity index (χ2n) is 3.47. The molecule has 3 nitrogen and oxygen atoms in total. The average Bonchev–Trinajstić information content (AvgIpc) is 2.16. The van der Waals surface area contributed by atoms with Crippen molar-refractivity contribution in [2.75, 3.05) is 19.0 Å². The van der Waals surface area contributed by atoms with Crippen molar-refractivity contribution in [2.45, 2.75) is 0 Å². The summed E-state index contributed by atoms with van der Waals surface area (Å²) in [6.45, 7) is 0. The van der Waals surface area contributed by atoms with Gasteiger partial charge in [-0.05, 0) is 12.1 Å². The Hall–Kier alpha value is -1.77. The molecule has 1 heterocycles. The van der Waals surface area contributed by atoms with Crippen LogP contribution >= 0.6 is 0 Å². The van der Waals surface area contributed by atoms with Gasteiger partial charge < -0.3 is 9.88 Å². The van der Waals surface area contributed by atoms with E-state index >= 15 is 0 Å². The number of aromatic amines is 1. The second-order valence-corrected chi connectivity index (χ2v) is 3.47. The highest BCUT2D eigenvalue weighted by atomic mass is 16.1. The average molecular weight is 188 g/mol. The minimum Gasteiger partial charge on any atom is -0.373 e. The maximum atomic E-state index is 11.6. The van der Waals surface area contributed by atoms with Gasteiger partial charge in [-0.15, -0.1) is 0 Å². The minimum atomic E-state index is -0.0475. The van der Waals surface area contributed by atoms with E-state index in [0.29, 0.717) is 5.69 Å². The van der Waals surface area contributed by atoms with Gasteiger partial charge in [0.15, 0.2) is 0 Å². The molecular formula is C11H12N2O. The predicted octanol–water partition coefficient (Wildman–Crippen LogP) is 1.59. The molecule has 1 aromatic carbocycles. The molecule has 0 spiro atoms. The van der Waals surface area contributed by atoms with E-state index < -0.39 is 0 Å². The van der Waals surface area contributed by atoms with Crippen LogP contribution in [-0.4, -0.2) is 19.1 Å². The highest BCUT2D eigenvalue weighted by Crippen LogP contribution is 2.13. The summed E-state index contributed by atoms with van der Waals surface area (Å²) in [7, 11) is 3.72. The van der Waals surface area contributed by atoms with E-state index in [-0.39, 0.29) is 5.56 Å². The second kappa shape index (κ2) is 3.18. The Kier molecular flexibility index (Phi) is 2.00. The molecule has 1 aromatic heterocycles. The molecule has 0 aliphatic carbocycles. The van der Waals surface area contributed by atoms with E-state index in [1.165, 1.54) is 0 Å². The van der Waals surface area contributed by atoms with E-state index in [1.54, 1.807) is 0 Å². The number of hydrogen-bond acceptors (Lipinski definition) is 2. The number of nitrogens with one attached hydrogen (secondary N) is 1. The molecule has 0 atom stereocenters. The Morgan fingerprint density at radius 2 is 1.93 bits per heavy atom. The first-order valence-electron chi connectivity index (χ1n) is 4.48. The van der Waals surface area contributed by atoms with Crippen molar-refractivity contribution in [3.63, 3.8) is 0 Å². The third-order valence-corrected chi connectivity index (χ3v) is 2.22. The van der Waals surface area contributed by atoms with Crippen LogP contribution in [0.4, 0.5) is 5.69 Å². The molecule has 0 amide bonds. The Morgan fingerprint density at radius 1 is 1.21 bits per heavy atom. The summed E-state index contributed by atoms with van der Waals surface area (Å²) in [5.74, 6) is 0. The molecule has 14 heavy (non-hydrogen) atoms. The number of nitrogens with zero attached hydrogens (tertiary/aromatic N) is 1. The standard InChI is InChI=1S/C11H12N2O/c1-13(2)10-7-8-5-3-4-6-9(8)12-11(10)14/h3-7H,1-2H3,(H,12,14). The number of fused-ring (bicyclic) bond motifs is 1. The normalized spacial score (nSPS) is 10.4. The number of para-hydroxylation sites is 1. The Bertz CT molecular complexity index is 514. The van der Waals surface area contributed by atoms with Crippen molar-refractivity contribution in [3.8, 4) is 0 Å². The number of anilines is 1. The van der Waals surface area contributed by atoms with Crippen LogP contribution in [0.3, 0.4) is 0 Å². The molecule has 2 rings (SSSR count). The summed E-state index contributed by atoms with van der Waals surface area (Å²) in [4.78, 5) is 16.2. The van der Waals surface area contributed by atoms with Gasteiger partial charge in [0.05, 0.1) is 0 Å². The lowest BCUT2D eigenvalue weighted by molar-refractivity contribution is 1.10. The van der Waals surface area contributed by atoms with Crippen LogP contribution < -0.4 is 10.5 Å². The summed E-state index contributed by atoms with van der Waals surface area (Å²) in [5.41, 5.74) is 1.51. The van der Waals surface area contributed by atoms with Gasteiger partial charge in [0, 0.05) is 25.0 Å². The summed E-state index contributed by atoms with van der Waals surface area (Å²) in [6.07, 6.45) is 0. The van der Waals surface area contributed by atoms with Crippen molar-refractivity contribution in [3.05, 3.63) is 40.7 Å². The van der Waals surface area contributed by atoms with E-state index in [0.717, 1.165) is 10.9 Å². The maximum Gasteiger partial charge on any atom is 0.271 e. The Morgan fingerprint density at radius 3 is 2.64 bits per heavy atom. The quantitative estimate of drug-likeness (QED) is 0.737. The summed E-state index contributed by atoms with van der Waals surface area (Å²) >= 11 is 0. The van der Waals surface area contributed by atoms with Crippen LogP contribution in [0.1, 0.15) is 0 Å². The third-order valence-electron chi connectivity index (χ3n) is 2.22. The van der Waals surface area contributed by atoms with Gasteiger partial charge in [0.2, 0.25) is 0 Å². The molecule has 0 saturated carbocycles. The molecule has 2 aromatic rings.